The Kier molecular flexibility index (Phi) is 3.26. The normalized spacial score (nSPS) is 18.6. The number of thiol groups is 1. The number of nitrogens with zero attached hydrogens (tertiary/aromatic N) is 1. The van der Waals surface area contributed by atoms with Crippen molar-refractivity contribution in [2.24, 2.45) is 4.40 Å². The summed E-state index contributed by atoms with van der Waals surface area (Å²) in [6, 6.07) is 0. The molecular formula is C7H17NS. The Morgan fingerprint density at radius 1 is 1.33 bits per heavy atom. The van der Waals surface area contributed by atoms with Gasteiger partial charge in [-0.25, -0.2) is 0 Å². The van der Waals surface area contributed by atoms with E-state index in [1.54, 1.807) is 0 Å². The first-order chi connectivity index (χ1) is 3.98. The third kappa shape index (κ3) is 3.57. The molecular weight excluding hydrogens is 130 g/mol. The first-order valence-corrected chi connectivity index (χ1v) is 4.95. The fraction of sp³-hybridized carbons (Fsp3) is 0.857. The molecule has 1 nitrogen and oxygen atoms in total. The molecule has 0 radical (unpaired) electrons. The summed E-state index contributed by atoms with van der Waals surface area (Å²) >= 11 is -0.152. The van der Waals surface area contributed by atoms with Crippen molar-refractivity contribution < 1.29 is 0 Å². The molecule has 0 saturated heterocycles. The van der Waals surface area contributed by atoms with Crippen LogP contribution in [0, 0.1) is 0 Å². The van der Waals surface area contributed by atoms with Gasteiger partial charge in [0.25, 0.3) is 0 Å². The van der Waals surface area contributed by atoms with Gasteiger partial charge in [0.15, 0.2) is 0 Å². The average Bonchev–Trinajstić information content (AvgIpc) is 1.64. The smallest absolute Gasteiger partial charge is 0.00732 e. The van der Waals surface area contributed by atoms with Gasteiger partial charge in [-0.1, -0.05) is 20.8 Å². The highest BCUT2D eigenvalue weighted by molar-refractivity contribution is 8.16. The molecule has 0 amide bonds. The van der Waals surface area contributed by atoms with Crippen LogP contribution < -0.4 is 0 Å². The topological polar surface area (TPSA) is 12.4 Å². The highest BCUT2D eigenvalue weighted by Gasteiger charge is 2.13. The molecule has 0 aromatic carbocycles. The summed E-state index contributed by atoms with van der Waals surface area (Å²) in [5.41, 5.74) is 0. The van der Waals surface area contributed by atoms with Crippen LogP contribution in [0.4, 0.5) is 0 Å². The van der Waals surface area contributed by atoms with Gasteiger partial charge >= 0.3 is 0 Å². The van der Waals surface area contributed by atoms with Gasteiger partial charge in [-0.2, -0.15) is 11.1 Å². The lowest BCUT2D eigenvalue weighted by Crippen LogP contribution is -2.11. The van der Waals surface area contributed by atoms with Crippen LogP contribution in [0.3, 0.4) is 0 Å². The number of hydrogen-bond acceptors (Lipinski definition) is 1. The summed E-state index contributed by atoms with van der Waals surface area (Å²) in [6.07, 6.45) is 4.10. The minimum absolute atomic E-state index is 0.152. The number of rotatable bonds is 1. The molecule has 0 aromatic heterocycles. The van der Waals surface area contributed by atoms with Crippen molar-refractivity contribution >= 4 is 17.3 Å². The first-order valence-electron chi connectivity index (χ1n) is 3.21. The Morgan fingerprint density at radius 2 is 1.78 bits per heavy atom. The minimum atomic E-state index is -0.152. The third-order valence-electron chi connectivity index (χ3n) is 1.26. The fourth-order valence-electron chi connectivity index (χ4n) is 0.346. The van der Waals surface area contributed by atoms with E-state index >= 15 is 0 Å². The van der Waals surface area contributed by atoms with Gasteiger partial charge in [0.1, 0.15) is 0 Å². The Balaban J connectivity index is 3.88. The van der Waals surface area contributed by atoms with E-state index in [-0.39, 0.29) is 11.1 Å². The van der Waals surface area contributed by atoms with Gasteiger partial charge in [0.05, 0.1) is 0 Å². The Morgan fingerprint density at radius 3 is 1.89 bits per heavy atom. The van der Waals surface area contributed by atoms with E-state index < -0.39 is 0 Å². The largest absolute Gasteiger partial charge is 0.253 e. The van der Waals surface area contributed by atoms with Crippen LogP contribution in [0.2, 0.25) is 0 Å². The standard InChI is InChI=1S/C7H17NS/c1-6-8-9(5)7(2,3)4/h6,9H,1-5H3/b8-6+. The zero-order valence-corrected chi connectivity index (χ0v) is 7.87. The van der Waals surface area contributed by atoms with Crippen LogP contribution in [0.15, 0.2) is 4.40 Å². The SMILES string of the molecule is C/C=N/[SH](C)C(C)(C)C. The van der Waals surface area contributed by atoms with Crippen LogP contribution in [0.5, 0.6) is 0 Å². The molecule has 0 heterocycles. The first kappa shape index (κ1) is 9.02. The summed E-state index contributed by atoms with van der Waals surface area (Å²) < 4.78 is 4.71. The summed E-state index contributed by atoms with van der Waals surface area (Å²) in [5, 5.41) is 0. The van der Waals surface area contributed by atoms with Crippen molar-refractivity contribution in [1.29, 1.82) is 0 Å². The van der Waals surface area contributed by atoms with Crippen LogP contribution in [0.1, 0.15) is 27.7 Å². The van der Waals surface area contributed by atoms with Crippen molar-refractivity contribution in [3.05, 3.63) is 0 Å². The van der Waals surface area contributed by atoms with Crippen LogP contribution >= 0.6 is 11.1 Å². The van der Waals surface area contributed by atoms with Crippen molar-refractivity contribution in [1.82, 2.24) is 0 Å². The summed E-state index contributed by atoms with van der Waals surface area (Å²) in [7, 11) is 0. The third-order valence-corrected chi connectivity index (χ3v) is 3.78. The summed E-state index contributed by atoms with van der Waals surface area (Å²) in [4.78, 5) is 0. The van der Waals surface area contributed by atoms with Gasteiger partial charge in [0.2, 0.25) is 0 Å². The molecule has 56 valence electrons. The van der Waals surface area contributed by atoms with Gasteiger partial charge in [0, 0.05) is 11.0 Å². The van der Waals surface area contributed by atoms with Gasteiger partial charge < -0.3 is 0 Å². The lowest BCUT2D eigenvalue weighted by atomic mass is 10.3. The maximum Gasteiger partial charge on any atom is 0.00732 e. The molecule has 2 heteroatoms. The highest BCUT2D eigenvalue weighted by atomic mass is 32.2. The molecule has 0 spiro atoms. The number of hydrogen-bond donors (Lipinski definition) is 1. The second-order valence-electron chi connectivity index (χ2n) is 3.07. The quantitative estimate of drug-likeness (QED) is 0.432. The van der Waals surface area contributed by atoms with E-state index in [1.807, 2.05) is 13.1 Å². The Bertz CT molecular complexity index is 102. The predicted octanol–water partition coefficient (Wildman–Crippen LogP) is 2.42. The van der Waals surface area contributed by atoms with E-state index in [2.05, 4.69) is 31.4 Å². The summed E-state index contributed by atoms with van der Waals surface area (Å²) in [5.74, 6) is 0. The van der Waals surface area contributed by atoms with Crippen LogP contribution in [-0.2, 0) is 0 Å². The Labute approximate surface area is 61.1 Å². The second-order valence-corrected chi connectivity index (χ2v) is 5.69. The zero-order chi connectivity index (χ0) is 7.49. The molecule has 0 aromatic rings. The maximum atomic E-state index is 4.34. The van der Waals surface area contributed by atoms with Crippen molar-refractivity contribution in [3.63, 3.8) is 0 Å². The molecule has 0 rings (SSSR count). The van der Waals surface area contributed by atoms with Crippen LogP contribution in [-0.4, -0.2) is 17.2 Å². The molecule has 0 aliphatic heterocycles. The average molecular weight is 147 g/mol. The molecule has 0 saturated carbocycles. The van der Waals surface area contributed by atoms with E-state index in [0.29, 0.717) is 4.75 Å². The molecule has 1 unspecified atom stereocenters. The fourth-order valence-corrected chi connectivity index (χ4v) is 1.04. The molecule has 0 aliphatic rings. The second kappa shape index (κ2) is 3.25. The lowest BCUT2D eigenvalue weighted by molar-refractivity contribution is 0.797. The van der Waals surface area contributed by atoms with E-state index in [1.165, 1.54) is 0 Å². The van der Waals surface area contributed by atoms with Crippen LogP contribution in [0.25, 0.3) is 0 Å². The lowest BCUT2D eigenvalue weighted by Gasteiger charge is -2.26. The predicted molar refractivity (Wildman–Crippen MR) is 48.8 cm³/mol. The zero-order valence-electron chi connectivity index (χ0n) is 6.97. The van der Waals surface area contributed by atoms with Crippen molar-refractivity contribution in [3.8, 4) is 0 Å². The van der Waals surface area contributed by atoms with Crippen molar-refractivity contribution in [2.75, 3.05) is 6.26 Å². The van der Waals surface area contributed by atoms with E-state index in [0.717, 1.165) is 0 Å². The van der Waals surface area contributed by atoms with E-state index in [4.69, 9.17) is 0 Å². The molecule has 0 bridgehead atoms. The molecule has 0 N–H and O–H groups in total. The maximum absolute atomic E-state index is 4.34. The summed E-state index contributed by atoms with van der Waals surface area (Å²) in [6.45, 7) is 8.66. The molecule has 0 fully saturated rings. The van der Waals surface area contributed by atoms with Crippen molar-refractivity contribution in [2.45, 2.75) is 32.4 Å². The molecule has 1 atom stereocenters. The highest BCUT2D eigenvalue weighted by Crippen LogP contribution is 2.37. The minimum Gasteiger partial charge on any atom is -0.253 e. The molecule has 0 aliphatic carbocycles. The van der Waals surface area contributed by atoms with Gasteiger partial charge in [-0.05, 0) is 13.2 Å². The van der Waals surface area contributed by atoms with E-state index in [9.17, 15) is 0 Å². The van der Waals surface area contributed by atoms with Gasteiger partial charge in [-0.3, -0.25) is 4.40 Å². The van der Waals surface area contributed by atoms with Gasteiger partial charge in [-0.15, -0.1) is 0 Å². The Hall–Kier alpha value is 0.0200. The molecule has 9 heavy (non-hydrogen) atoms. The monoisotopic (exact) mass is 147 g/mol.